The highest BCUT2D eigenvalue weighted by Crippen LogP contribution is 2.34. The van der Waals surface area contributed by atoms with Crippen LogP contribution < -0.4 is 16.2 Å². The first-order chi connectivity index (χ1) is 12.1. The third kappa shape index (κ3) is 3.17. The van der Waals surface area contributed by atoms with E-state index >= 15 is 0 Å². The molecule has 2 aromatic rings. The molecule has 1 aromatic heterocycles. The maximum absolute atomic E-state index is 12.8. The van der Waals surface area contributed by atoms with Crippen LogP contribution in [0.5, 0.6) is 0 Å². The molecule has 3 heterocycles. The summed E-state index contributed by atoms with van der Waals surface area (Å²) in [5.74, 6) is 0.903. The van der Waals surface area contributed by atoms with Crippen molar-refractivity contribution in [1.82, 2.24) is 9.47 Å². The fourth-order valence-corrected chi connectivity index (χ4v) is 4.09. The Hall–Kier alpha value is -2.60. The summed E-state index contributed by atoms with van der Waals surface area (Å²) in [6.45, 7) is 2.73. The number of urea groups is 1. The number of benzene rings is 1. The van der Waals surface area contributed by atoms with Crippen molar-refractivity contribution < 1.29 is 4.79 Å². The zero-order valence-corrected chi connectivity index (χ0v) is 14.2. The van der Waals surface area contributed by atoms with Crippen molar-refractivity contribution >= 4 is 17.4 Å². The third-order valence-electron chi connectivity index (χ3n) is 5.07. The van der Waals surface area contributed by atoms with E-state index in [0.717, 1.165) is 31.7 Å². The number of carbonyl (C=O) groups is 1. The molecule has 0 spiro atoms. The van der Waals surface area contributed by atoms with E-state index in [1.54, 1.807) is 18.2 Å². The molecule has 1 fully saturated rings. The van der Waals surface area contributed by atoms with Crippen molar-refractivity contribution in [2.75, 3.05) is 30.8 Å². The summed E-state index contributed by atoms with van der Waals surface area (Å²) in [4.78, 5) is 27.3. The number of fused-ring (bicyclic) bond motifs is 4. The van der Waals surface area contributed by atoms with Crippen LogP contribution in [0.1, 0.15) is 18.0 Å². The molecule has 2 amide bonds. The number of anilines is 2. The zero-order chi connectivity index (χ0) is 17.4. The number of pyridine rings is 1. The van der Waals surface area contributed by atoms with Gasteiger partial charge >= 0.3 is 6.03 Å². The molecule has 25 heavy (non-hydrogen) atoms. The normalized spacial score (nSPS) is 22.1. The van der Waals surface area contributed by atoms with Crippen molar-refractivity contribution in [3.8, 4) is 0 Å². The lowest BCUT2D eigenvalue weighted by Gasteiger charge is -2.41. The van der Waals surface area contributed by atoms with Gasteiger partial charge in [0.05, 0.1) is 0 Å². The van der Waals surface area contributed by atoms with E-state index in [0.29, 0.717) is 23.2 Å². The average molecular weight is 338 g/mol. The van der Waals surface area contributed by atoms with Gasteiger partial charge in [0.2, 0.25) is 0 Å². The van der Waals surface area contributed by atoms with Crippen LogP contribution in [0.2, 0.25) is 0 Å². The van der Waals surface area contributed by atoms with Gasteiger partial charge in [-0.05, 0) is 43.7 Å². The van der Waals surface area contributed by atoms with Crippen molar-refractivity contribution in [2.24, 2.45) is 5.92 Å². The number of likely N-dealkylation sites (N-methyl/N-ethyl adjacent to an activating group) is 1. The molecule has 0 aliphatic carbocycles. The first-order valence-electron chi connectivity index (χ1n) is 8.65. The predicted octanol–water partition coefficient (Wildman–Crippen LogP) is 2.54. The van der Waals surface area contributed by atoms with E-state index in [1.807, 2.05) is 28.8 Å². The van der Waals surface area contributed by atoms with Crippen LogP contribution in [-0.2, 0) is 6.54 Å². The molecule has 0 radical (unpaired) electrons. The second-order valence-corrected chi connectivity index (χ2v) is 7.05. The molecular weight excluding hydrogens is 316 g/mol. The van der Waals surface area contributed by atoms with Crippen LogP contribution >= 0.6 is 0 Å². The fraction of sp³-hybridized carbons (Fsp3) is 0.368. The average Bonchev–Trinajstić information content (AvgIpc) is 2.58. The maximum atomic E-state index is 12.8. The number of nitrogens with zero attached hydrogens (tertiary/aromatic N) is 2. The van der Waals surface area contributed by atoms with Gasteiger partial charge < -0.3 is 20.1 Å². The van der Waals surface area contributed by atoms with Crippen LogP contribution in [0.15, 0.2) is 47.3 Å². The van der Waals surface area contributed by atoms with Gasteiger partial charge in [-0.1, -0.05) is 18.2 Å². The summed E-state index contributed by atoms with van der Waals surface area (Å²) in [6, 6.07) is 12.5. The quantitative estimate of drug-likeness (QED) is 0.884. The molecule has 6 heteroatoms. The van der Waals surface area contributed by atoms with Crippen molar-refractivity contribution in [2.45, 2.75) is 18.9 Å². The summed E-state index contributed by atoms with van der Waals surface area (Å²) in [5.41, 5.74) is 1.99. The molecular formula is C19H22N4O2. The van der Waals surface area contributed by atoms with Crippen molar-refractivity contribution in [3.05, 3.63) is 58.5 Å². The van der Waals surface area contributed by atoms with E-state index in [9.17, 15) is 9.59 Å². The molecule has 1 saturated heterocycles. The lowest BCUT2D eigenvalue weighted by molar-refractivity contribution is 0.145. The van der Waals surface area contributed by atoms with Crippen molar-refractivity contribution in [1.29, 1.82) is 0 Å². The molecule has 2 aliphatic heterocycles. The second kappa shape index (κ2) is 6.37. The number of carbonyl (C=O) groups excluding carboxylic acids is 1. The molecule has 130 valence electrons. The molecule has 0 saturated carbocycles. The molecule has 4 rings (SSSR count). The number of aromatic nitrogens is 1. The van der Waals surface area contributed by atoms with E-state index in [4.69, 9.17) is 0 Å². The fourth-order valence-electron chi connectivity index (χ4n) is 4.09. The van der Waals surface area contributed by atoms with E-state index in [-0.39, 0.29) is 5.56 Å². The lowest BCUT2D eigenvalue weighted by Crippen LogP contribution is -2.46. The van der Waals surface area contributed by atoms with Gasteiger partial charge in [0.25, 0.3) is 5.56 Å². The van der Waals surface area contributed by atoms with Crippen molar-refractivity contribution in [3.63, 3.8) is 0 Å². The van der Waals surface area contributed by atoms with Crippen LogP contribution in [0.4, 0.5) is 16.2 Å². The number of hydrogen-bond donors (Lipinski definition) is 2. The smallest absolute Gasteiger partial charge is 0.310 e. The van der Waals surface area contributed by atoms with E-state index in [1.165, 1.54) is 0 Å². The Bertz CT molecular complexity index is 846. The number of para-hydroxylation sites is 1. The van der Waals surface area contributed by atoms with E-state index in [2.05, 4.69) is 22.6 Å². The van der Waals surface area contributed by atoms with Gasteiger partial charge in [0.15, 0.2) is 0 Å². The number of piperidine rings is 1. The summed E-state index contributed by atoms with van der Waals surface area (Å²) in [7, 11) is 2.14. The first-order valence-corrected chi connectivity index (χ1v) is 8.65. The third-order valence-corrected chi connectivity index (χ3v) is 5.07. The highest BCUT2D eigenvalue weighted by Gasteiger charge is 2.33. The standard InChI is InChI=1S/C19H22N4O2/c1-22-10-13-9-14(12-22)17-8-7-16(18(24)23(17)11-13)21-19(25)20-15-5-3-2-4-6-15/h2-8,13-14H,9-12H2,1H3,(H2,20,21,25)/t13-,14-/m0/s1. The van der Waals surface area contributed by atoms with Crippen LogP contribution in [0.3, 0.4) is 0 Å². The summed E-state index contributed by atoms with van der Waals surface area (Å²) < 4.78 is 1.85. The Labute approximate surface area is 146 Å². The maximum Gasteiger partial charge on any atom is 0.323 e. The Kier molecular flexibility index (Phi) is 4.05. The molecule has 0 unspecified atom stereocenters. The second-order valence-electron chi connectivity index (χ2n) is 7.05. The summed E-state index contributed by atoms with van der Waals surface area (Å²) in [5, 5.41) is 5.43. The van der Waals surface area contributed by atoms with Gasteiger partial charge in [-0.15, -0.1) is 0 Å². The van der Waals surface area contributed by atoms with Crippen LogP contribution in [-0.4, -0.2) is 35.6 Å². The first kappa shape index (κ1) is 15.9. The predicted molar refractivity (Wildman–Crippen MR) is 98.1 cm³/mol. The summed E-state index contributed by atoms with van der Waals surface area (Å²) in [6.07, 6.45) is 1.14. The highest BCUT2D eigenvalue weighted by molar-refractivity contribution is 5.99. The van der Waals surface area contributed by atoms with E-state index < -0.39 is 6.03 Å². The number of amides is 2. The van der Waals surface area contributed by atoms with Gasteiger partial charge in [0, 0.05) is 36.9 Å². The molecule has 1 aromatic carbocycles. The topological polar surface area (TPSA) is 66.4 Å². The molecule has 2 atom stereocenters. The minimum atomic E-state index is -0.403. The minimum absolute atomic E-state index is 0.111. The molecule has 2 aliphatic rings. The number of likely N-dealkylation sites (tertiary alicyclic amines) is 1. The Morgan fingerprint density at radius 3 is 2.64 bits per heavy atom. The largest absolute Gasteiger partial charge is 0.323 e. The monoisotopic (exact) mass is 338 g/mol. The number of hydrogen-bond acceptors (Lipinski definition) is 3. The number of rotatable bonds is 2. The highest BCUT2D eigenvalue weighted by atomic mass is 16.2. The molecule has 6 nitrogen and oxygen atoms in total. The lowest BCUT2D eigenvalue weighted by atomic mass is 9.83. The molecule has 2 N–H and O–H groups in total. The Balaban J connectivity index is 1.55. The van der Waals surface area contributed by atoms with Gasteiger partial charge in [-0.2, -0.15) is 0 Å². The number of nitrogens with one attached hydrogen (secondary N) is 2. The zero-order valence-electron chi connectivity index (χ0n) is 14.2. The molecule has 2 bridgehead atoms. The van der Waals surface area contributed by atoms with Gasteiger partial charge in [-0.25, -0.2) is 4.79 Å². The van der Waals surface area contributed by atoms with Crippen LogP contribution in [0.25, 0.3) is 0 Å². The summed E-state index contributed by atoms with van der Waals surface area (Å²) >= 11 is 0. The Morgan fingerprint density at radius 2 is 1.84 bits per heavy atom. The van der Waals surface area contributed by atoms with Gasteiger partial charge in [0.1, 0.15) is 5.69 Å². The van der Waals surface area contributed by atoms with Gasteiger partial charge in [-0.3, -0.25) is 4.79 Å². The van der Waals surface area contributed by atoms with Crippen LogP contribution in [0, 0.1) is 5.92 Å². The Morgan fingerprint density at radius 1 is 1.04 bits per heavy atom. The minimum Gasteiger partial charge on any atom is -0.310 e. The SMILES string of the molecule is CN1C[C@@H]2C[C@@H](C1)c1ccc(NC(=O)Nc3ccccc3)c(=O)n1C2.